The standard InChI is InChI=1S/C56H31B5O/c57-52-51(53(58)55(60)56(61)54(52)59)50-40-21-11-10-20-39(40)48(45-30-37(32-14-4-1-5-15-32)31-47-49(45)42-22-12-13-23-46(42)62-47)41-27-25-36(29-44(41)50)35-24-26-38(33-16-6-2-7-17-33)43(28-35)34-18-8-3-9-19-34/h1-31H. The fraction of sp³-hybridized carbons (Fsp3) is 0. The number of hydrogen-bond acceptors (Lipinski definition) is 1. The molecule has 0 saturated heterocycles. The highest BCUT2D eigenvalue weighted by Gasteiger charge is 2.24. The number of fused-ring (bicyclic) bond motifs is 5. The zero-order valence-corrected chi connectivity index (χ0v) is 33.7. The Balaban J connectivity index is 1.28. The molecular weight excluding hydrogens is 743 g/mol. The highest BCUT2D eigenvalue weighted by molar-refractivity contribution is 6.69. The van der Waals surface area contributed by atoms with Crippen molar-refractivity contribution in [3.05, 3.63) is 188 Å². The highest BCUT2D eigenvalue weighted by Crippen LogP contribution is 2.49. The van der Waals surface area contributed by atoms with Gasteiger partial charge in [0.15, 0.2) is 0 Å². The van der Waals surface area contributed by atoms with Crippen LogP contribution < -0.4 is 27.3 Å². The van der Waals surface area contributed by atoms with Crippen molar-refractivity contribution in [1.82, 2.24) is 0 Å². The van der Waals surface area contributed by atoms with E-state index in [2.05, 4.69) is 152 Å². The fourth-order valence-electron chi connectivity index (χ4n) is 9.34. The molecule has 62 heavy (non-hydrogen) atoms. The van der Waals surface area contributed by atoms with Crippen LogP contribution in [0.25, 0.3) is 110 Å². The van der Waals surface area contributed by atoms with Gasteiger partial charge in [0.1, 0.15) is 50.4 Å². The summed E-state index contributed by atoms with van der Waals surface area (Å²) in [7, 11) is 33.6. The third-order valence-corrected chi connectivity index (χ3v) is 12.4. The largest absolute Gasteiger partial charge is 0.456 e. The molecule has 0 aliphatic heterocycles. The van der Waals surface area contributed by atoms with Gasteiger partial charge in [0.05, 0.1) is 0 Å². The first kappa shape index (κ1) is 37.8. The molecule has 0 fully saturated rings. The Hall–Kier alpha value is -7.16. The van der Waals surface area contributed by atoms with E-state index in [0.29, 0.717) is 5.56 Å². The summed E-state index contributed by atoms with van der Waals surface area (Å²) in [4.78, 5) is 0. The number of benzene rings is 10. The normalized spacial score (nSPS) is 11.5. The maximum absolute atomic E-state index is 6.98. The summed E-state index contributed by atoms with van der Waals surface area (Å²) in [5.41, 5.74) is 15.0. The van der Waals surface area contributed by atoms with Crippen LogP contribution >= 0.6 is 0 Å². The summed E-state index contributed by atoms with van der Waals surface area (Å²) in [5, 5.41) is 5.94. The van der Waals surface area contributed by atoms with E-state index >= 15 is 0 Å². The summed E-state index contributed by atoms with van der Waals surface area (Å²) in [5.74, 6) is 0. The van der Waals surface area contributed by atoms with E-state index in [9.17, 15) is 0 Å². The van der Waals surface area contributed by atoms with Gasteiger partial charge in [0, 0.05) is 10.8 Å². The van der Waals surface area contributed by atoms with E-state index < -0.39 is 0 Å². The van der Waals surface area contributed by atoms with Crippen LogP contribution in [0, 0.1) is 0 Å². The van der Waals surface area contributed by atoms with Gasteiger partial charge in [-0.05, 0) is 119 Å². The molecule has 1 aromatic heterocycles. The topological polar surface area (TPSA) is 13.1 Å². The SMILES string of the molecule is [B]c1c([B])c([B])c(-c2c3ccccc3c(-c3cc(-c4ccccc4)cc4oc5ccccc5c34)c3ccc(-c4ccc(-c5ccccc5)c(-c5ccccc5)c4)cc23)c([B])c1[B]. The van der Waals surface area contributed by atoms with Gasteiger partial charge in [-0.15, -0.1) is 16.4 Å². The maximum Gasteiger partial charge on any atom is 0.136 e. The third-order valence-electron chi connectivity index (χ3n) is 12.4. The van der Waals surface area contributed by atoms with Gasteiger partial charge in [0.2, 0.25) is 0 Å². The van der Waals surface area contributed by atoms with Crippen molar-refractivity contribution in [2.45, 2.75) is 0 Å². The summed E-state index contributed by atoms with van der Waals surface area (Å²) in [6.07, 6.45) is 0. The van der Waals surface area contributed by atoms with Crippen LogP contribution in [0.5, 0.6) is 0 Å². The van der Waals surface area contributed by atoms with E-state index in [4.69, 9.17) is 43.6 Å². The van der Waals surface area contributed by atoms with E-state index in [1.54, 1.807) is 0 Å². The molecule has 6 heteroatoms. The quantitative estimate of drug-likeness (QED) is 0.121. The number of para-hydroxylation sites is 1. The van der Waals surface area contributed by atoms with Crippen molar-refractivity contribution < 1.29 is 4.42 Å². The van der Waals surface area contributed by atoms with Crippen molar-refractivity contribution in [2.75, 3.05) is 0 Å². The Morgan fingerprint density at radius 2 is 0.742 bits per heavy atom. The molecule has 0 unspecified atom stereocenters. The van der Waals surface area contributed by atoms with Crippen molar-refractivity contribution in [2.24, 2.45) is 0 Å². The van der Waals surface area contributed by atoms with Gasteiger partial charge in [-0.1, -0.05) is 169 Å². The van der Waals surface area contributed by atoms with E-state index in [0.717, 1.165) is 105 Å². The van der Waals surface area contributed by atoms with E-state index in [-0.39, 0.29) is 27.3 Å². The molecule has 0 aliphatic rings. The zero-order valence-electron chi connectivity index (χ0n) is 33.7. The van der Waals surface area contributed by atoms with Crippen molar-refractivity contribution >= 4 is 110 Å². The van der Waals surface area contributed by atoms with E-state index in [1.807, 2.05) is 36.4 Å². The molecule has 11 rings (SSSR count). The molecule has 0 amide bonds. The van der Waals surface area contributed by atoms with Gasteiger partial charge in [0.25, 0.3) is 0 Å². The summed E-state index contributed by atoms with van der Waals surface area (Å²) in [6, 6.07) is 65.9. The molecule has 11 aromatic rings. The first-order valence-electron chi connectivity index (χ1n) is 20.6. The molecule has 276 valence electrons. The van der Waals surface area contributed by atoms with Gasteiger partial charge in [-0.25, -0.2) is 0 Å². The Bertz CT molecular complexity index is 3530. The summed E-state index contributed by atoms with van der Waals surface area (Å²) in [6.45, 7) is 0. The molecule has 0 saturated carbocycles. The molecule has 0 aliphatic carbocycles. The molecule has 1 nitrogen and oxygen atoms in total. The van der Waals surface area contributed by atoms with Crippen LogP contribution in [-0.4, -0.2) is 39.2 Å². The first-order valence-corrected chi connectivity index (χ1v) is 20.6. The Labute approximate surface area is 367 Å². The number of hydrogen-bond donors (Lipinski definition) is 0. The molecule has 10 radical (unpaired) electrons. The van der Waals surface area contributed by atoms with Crippen LogP contribution in [0.3, 0.4) is 0 Å². The number of rotatable bonds is 6. The van der Waals surface area contributed by atoms with Crippen molar-refractivity contribution in [3.8, 4) is 66.8 Å². The Kier molecular flexibility index (Phi) is 9.20. The Morgan fingerprint density at radius 3 is 1.40 bits per heavy atom. The van der Waals surface area contributed by atoms with E-state index in [1.165, 1.54) is 0 Å². The molecular formula is C56H31B5O. The molecule has 10 aromatic carbocycles. The first-order chi connectivity index (χ1) is 30.4. The van der Waals surface area contributed by atoms with Gasteiger partial charge in [-0.3, -0.25) is 0 Å². The minimum absolute atomic E-state index is 0.175. The molecule has 0 bridgehead atoms. The predicted octanol–water partition coefficient (Wildman–Crippen LogP) is 9.86. The Morgan fingerprint density at radius 1 is 0.258 bits per heavy atom. The second-order valence-electron chi connectivity index (χ2n) is 15.9. The average molecular weight is 774 g/mol. The molecule has 0 N–H and O–H groups in total. The van der Waals surface area contributed by atoms with Crippen molar-refractivity contribution in [3.63, 3.8) is 0 Å². The predicted molar refractivity (Wildman–Crippen MR) is 268 cm³/mol. The summed E-state index contributed by atoms with van der Waals surface area (Å²) < 4.78 is 6.66. The van der Waals surface area contributed by atoms with Crippen molar-refractivity contribution in [1.29, 1.82) is 0 Å². The van der Waals surface area contributed by atoms with Crippen LogP contribution in [0.4, 0.5) is 0 Å². The zero-order chi connectivity index (χ0) is 42.1. The second kappa shape index (κ2) is 15.1. The van der Waals surface area contributed by atoms with Gasteiger partial charge in [-0.2, -0.15) is 0 Å². The van der Waals surface area contributed by atoms with Crippen LogP contribution in [0.2, 0.25) is 0 Å². The third kappa shape index (κ3) is 6.08. The fourth-order valence-corrected chi connectivity index (χ4v) is 9.34. The average Bonchev–Trinajstić information content (AvgIpc) is 3.72. The molecule has 1 heterocycles. The molecule has 0 spiro atoms. The monoisotopic (exact) mass is 774 g/mol. The summed E-state index contributed by atoms with van der Waals surface area (Å²) >= 11 is 0. The smallest absolute Gasteiger partial charge is 0.136 e. The van der Waals surface area contributed by atoms with Gasteiger partial charge < -0.3 is 4.42 Å². The minimum Gasteiger partial charge on any atom is -0.456 e. The lowest BCUT2D eigenvalue weighted by Crippen LogP contribution is -2.55. The number of furan rings is 1. The van der Waals surface area contributed by atoms with Crippen LogP contribution in [0.1, 0.15) is 0 Å². The van der Waals surface area contributed by atoms with Crippen LogP contribution in [0.15, 0.2) is 192 Å². The lowest BCUT2D eigenvalue weighted by Gasteiger charge is -2.25. The van der Waals surface area contributed by atoms with Gasteiger partial charge >= 0.3 is 0 Å². The lowest BCUT2D eigenvalue weighted by molar-refractivity contribution is 0.669. The minimum atomic E-state index is 0.175. The second-order valence-corrected chi connectivity index (χ2v) is 15.9. The highest BCUT2D eigenvalue weighted by atomic mass is 16.3. The molecule has 0 atom stereocenters. The lowest BCUT2D eigenvalue weighted by atomic mass is 9.59. The van der Waals surface area contributed by atoms with Crippen LogP contribution in [-0.2, 0) is 0 Å². The maximum atomic E-state index is 6.98.